The number of hydrogen-bond acceptors (Lipinski definition) is 4. The zero-order chi connectivity index (χ0) is 17.2. The van der Waals surface area contributed by atoms with Gasteiger partial charge in [0.05, 0.1) is 16.7 Å². The Labute approximate surface area is 143 Å². The fraction of sp³-hybridized carbons (Fsp3) is 0.684. The van der Waals surface area contributed by atoms with Crippen LogP contribution in [0.4, 0.5) is 0 Å². The topological polar surface area (TPSA) is 77.2 Å². The Bertz CT molecular complexity index is 682. The number of nitrogens with one attached hydrogen (secondary N) is 1. The van der Waals surface area contributed by atoms with E-state index in [1.165, 1.54) is 0 Å². The Morgan fingerprint density at radius 3 is 2.58 bits per heavy atom. The average Bonchev–Trinajstić information content (AvgIpc) is 2.92. The number of nitrogens with zero attached hydrogens (tertiary/aromatic N) is 1. The maximum atomic E-state index is 12.9. The minimum Gasteiger partial charge on any atom is -0.365 e. The van der Waals surface area contributed by atoms with E-state index in [1.54, 1.807) is 6.07 Å². The molecule has 2 aliphatic carbocycles. The molecule has 2 saturated heterocycles. The second-order valence-electron chi connectivity index (χ2n) is 8.88. The van der Waals surface area contributed by atoms with Crippen LogP contribution in [0.15, 0.2) is 18.2 Å². The van der Waals surface area contributed by atoms with E-state index in [9.17, 15) is 4.79 Å². The van der Waals surface area contributed by atoms with Crippen molar-refractivity contribution in [2.24, 2.45) is 5.73 Å². The van der Waals surface area contributed by atoms with Gasteiger partial charge in [-0.1, -0.05) is 26.8 Å². The summed E-state index contributed by atoms with van der Waals surface area (Å²) in [5.74, 6) is -0.0940. The number of carbonyl (C=O) groups excluding carboxylic acids is 1. The van der Waals surface area contributed by atoms with E-state index in [-0.39, 0.29) is 28.1 Å². The van der Waals surface area contributed by atoms with Crippen molar-refractivity contribution < 1.29 is 9.53 Å². The third-order valence-corrected chi connectivity index (χ3v) is 6.17. The highest BCUT2D eigenvalue weighted by molar-refractivity contribution is 5.93. The molecule has 5 rings (SSSR count). The van der Waals surface area contributed by atoms with E-state index < -0.39 is 0 Å². The molecule has 24 heavy (non-hydrogen) atoms. The Hall–Kier alpha value is -1.46. The van der Waals surface area contributed by atoms with Gasteiger partial charge < -0.3 is 15.8 Å². The summed E-state index contributed by atoms with van der Waals surface area (Å²) in [5.41, 5.74) is 6.61. The van der Waals surface area contributed by atoms with Gasteiger partial charge in [-0.05, 0) is 31.4 Å². The van der Waals surface area contributed by atoms with Crippen molar-refractivity contribution in [3.8, 4) is 0 Å². The third-order valence-electron chi connectivity index (χ3n) is 6.17. The van der Waals surface area contributed by atoms with Gasteiger partial charge in [-0.15, -0.1) is 0 Å². The van der Waals surface area contributed by atoms with Crippen molar-refractivity contribution in [3.63, 3.8) is 0 Å². The largest absolute Gasteiger partial charge is 0.365 e. The first kappa shape index (κ1) is 16.0. The highest BCUT2D eigenvalue weighted by atomic mass is 16.5. The predicted molar refractivity (Wildman–Crippen MR) is 91.8 cm³/mol. The maximum absolute atomic E-state index is 12.9. The van der Waals surface area contributed by atoms with Crippen molar-refractivity contribution in [1.29, 1.82) is 0 Å². The van der Waals surface area contributed by atoms with Gasteiger partial charge in [-0.25, -0.2) is 4.98 Å². The molecule has 5 nitrogen and oxygen atoms in total. The molecular weight excluding hydrogens is 302 g/mol. The molecule has 4 aliphatic rings. The fourth-order valence-electron chi connectivity index (χ4n) is 4.68. The second kappa shape index (κ2) is 4.79. The summed E-state index contributed by atoms with van der Waals surface area (Å²) in [7, 11) is 0. The van der Waals surface area contributed by atoms with Crippen LogP contribution in [-0.4, -0.2) is 34.2 Å². The number of rotatable bonds is 3. The van der Waals surface area contributed by atoms with E-state index in [4.69, 9.17) is 10.5 Å². The van der Waals surface area contributed by atoms with Gasteiger partial charge in [-0.2, -0.15) is 0 Å². The number of amides is 1. The van der Waals surface area contributed by atoms with Gasteiger partial charge in [0, 0.05) is 30.5 Å². The van der Waals surface area contributed by atoms with Gasteiger partial charge in [0.25, 0.3) is 5.91 Å². The molecule has 1 amide bonds. The van der Waals surface area contributed by atoms with Crippen LogP contribution in [-0.2, 0) is 10.2 Å². The van der Waals surface area contributed by atoms with Gasteiger partial charge in [0.1, 0.15) is 5.69 Å². The summed E-state index contributed by atoms with van der Waals surface area (Å²) in [6.07, 6.45) is 4.87. The van der Waals surface area contributed by atoms with Crippen molar-refractivity contribution >= 4 is 5.91 Å². The van der Waals surface area contributed by atoms with E-state index in [1.807, 2.05) is 12.1 Å². The molecular formula is C19H27N3O2. The molecule has 3 heterocycles. The van der Waals surface area contributed by atoms with Crippen molar-refractivity contribution in [3.05, 3.63) is 29.6 Å². The first-order valence-electron chi connectivity index (χ1n) is 8.94. The highest BCUT2D eigenvalue weighted by Gasteiger charge is 2.76. The molecule has 5 heteroatoms. The quantitative estimate of drug-likeness (QED) is 0.892. The summed E-state index contributed by atoms with van der Waals surface area (Å²) in [5, 5.41) is 3.29. The minimum absolute atomic E-state index is 0.0780. The first-order valence-corrected chi connectivity index (χ1v) is 8.94. The molecule has 0 atom stereocenters. The maximum Gasteiger partial charge on any atom is 0.270 e. The monoisotopic (exact) mass is 329 g/mol. The zero-order valence-corrected chi connectivity index (χ0v) is 14.8. The zero-order valence-electron chi connectivity index (χ0n) is 14.8. The highest BCUT2D eigenvalue weighted by Crippen LogP contribution is 2.66. The summed E-state index contributed by atoms with van der Waals surface area (Å²) < 4.78 is 6.35. The molecule has 2 bridgehead atoms. The average molecular weight is 329 g/mol. The molecule has 1 aromatic heterocycles. The lowest BCUT2D eigenvalue weighted by atomic mass is 9.56. The molecule has 0 aromatic carbocycles. The van der Waals surface area contributed by atoms with E-state index in [0.29, 0.717) is 12.2 Å². The first-order chi connectivity index (χ1) is 11.2. The van der Waals surface area contributed by atoms with Crippen LogP contribution < -0.4 is 11.1 Å². The van der Waals surface area contributed by atoms with Crippen LogP contribution in [0.2, 0.25) is 0 Å². The Morgan fingerprint density at radius 2 is 2.04 bits per heavy atom. The molecule has 0 unspecified atom stereocenters. The molecule has 2 saturated carbocycles. The predicted octanol–water partition coefficient (Wildman–Crippen LogP) is 2.29. The number of hydrogen-bond donors (Lipinski definition) is 2. The Kier molecular flexibility index (Phi) is 3.20. The molecule has 3 N–H and O–H groups in total. The molecule has 2 aliphatic heterocycles. The minimum atomic E-state index is -0.249. The van der Waals surface area contributed by atoms with E-state index >= 15 is 0 Å². The van der Waals surface area contributed by atoms with Crippen LogP contribution >= 0.6 is 0 Å². The van der Waals surface area contributed by atoms with Crippen molar-refractivity contribution in [2.75, 3.05) is 6.54 Å². The van der Waals surface area contributed by atoms with E-state index in [0.717, 1.165) is 37.8 Å². The molecule has 4 fully saturated rings. The Balaban J connectivity index is 1.57. The lowest BCUT2D eigenvalue weighted by Crippen LogP contribution is -2.68. The summed E-state index contributed by atoms with van der Waals surface area (Å²) in [6.45, 7) is 6.84. The summed E-state index contributed by atoms with van der Waals surface area (Å²) >= 11 is 0. The van der Waals surface area contributed by atoms with Gasteiger partial charge in [-0.3, -0.25) is 4.79 Å². The number of pyridine rings is 1. The van der Waals surface area contributed by atoms with Crippen LogP contribution in [0, 0.1) is 0 Å². The third kappa shape index (κ3) is 2.07. The summed E-state index contributed by atoms with van der Waals surface area (Å²) in [4.78, 5) is 17.5. The number of carbonyl (C=O) groups is 1. The SMILES string of the molecule is CC(C)(C)c1cccc(C(=O)NC23CC(CN)(C2)OC32CCC2)n1. The lowest BCUT2D eigenvalue weighted by Gasteiger charge is -2.51. The fourth-order valence-corrected chi connectivity index (χ4v) is 4.68. The van der Waals surface area contributed by atoms with E-state index in [2.05, 4.69) is 31.1 Å². The number of aromatic nitrogens is 1. The van der Waals surface area contributed by atoms with Crippen LogP contribution in [0.5, 0.6) is 0 Å². The number of ether oxygens (including phenoxy) is 1. The molecule has 130 valence electrons. The standard InChI is InChI=1S/C19H27N3O2/c1-16(2,3)14-7-4-6-13(21-14)15(23)22-18-10-17(11-18,12-20)24-19(18)8-5-9-19/h4,6-7H,5,8-12,20H2,1-3H3,(H,22,23). The second-order valence-corrected chi connectivity index (χ2v) is 8.88. The normalized spacial score (nSPS) is 33.0. The van der Waals surface area contributed by atoms with Crippen molar-refractivity contribution in [1.82, 2.24) is 10.3 Å². The Morgan fingerprint density at radius 1 is 1.33 bits per heavy atom. The molecule has 0 radical (unpaired) electrons. The lowest BCUT2D eigenvalue weighted by molar-refractivity contribution is -0.105. The van der Waals surface area contributed by atoms with Crippen molar-refractivity contribution in [2.45, 2.75) is 75.0 Å². The van der Waals surface area contributed by atoms with Crippen LogP contribution in [0.3, 0.4) is 0 Å². The van der Waals surface area contributed by atoms with Crippen LogP contribution in [0.1, 0.15) is 69.1 Å². The molecule has 1 aromatic rings. The number of nitrogens with two attached hydrogens (primary N) is 1. The van der Waals surface area contributed by atoms with Gasteiger partial charge in [0.2, 0.25) is 0 Å². The smallest absolute Gasteiger partial charge is 0.270 e. The summed E-state index contributed by atoms with van der Waals surface area (Å²) in [6, 6.07) is 5.68. The van der Waals surface area contributed by atoms with Gasteiger partial charge >= 0.3 is 0 Å². The van der Waals surface area contributed by atoms with Gasteiger partial charge in [0.15, 0.2) is 0 Å². The van der Waals surface area contributed by atoms with Crippen LogP contribution in [0.25, 0.3) is 0 Å². The molecule has 1 spiro atoms.